The van der Waals surface area contributed by atoms with Gasteiger partial charge >= 0.3 is 0 Å². The number of guanidine groups is 1. The zero-order chi connectivity index (χ0) is 14.1. The Morgan fingerprint density at radius 3 is 2.60 bits per heavy atom. The first-order valence-corrected chi connectivity index (χ1v) is 5.84. The lowest BCUT2D eigenvalue weighted by molar-refractivity contribution is 0.390. The fourth-order valence-corrected chi connectivity index (χ4v) is 1.53. The Labute approximate surface area is 137 Å². The number of aliphatic imine (C=N–C) groups is 1. The minimum absolute atomic E-state index is 0. The lowest BCUT2D eigenvalue weighted by atomic mass is 10.2. The van der Waals surface area contributed by atoms with Gasteiger partial charge in [-0.05, 0) is 12.1 Å². The molecule has 6 heteroatoms. The quantitative estimate of drug-likeness (QED) is 0.348. The van der Waals surface area contributed by atoms with Crippen LogP contribution < -0.4 is 20.1 Å². The smallest absolute Gasteiger partial charge is 0.192 e. The van der Waals surface area contributed by atoms with Gasteiger partial charge in [0.25, 0.3) is 0 Å². The second-order valence-electron chi connectivity index (χ2n) is 3.66. The van der Waals surface area contributed by atoms with Gasteiger partial charge in [0, 0.05) is 25.2 Å². The molecule has 0 aliphatic rings. The molecule has 5 nitrogen and oxygen atoms in total. The molecular weight excluding hydrogens is 369 g/mol. The third-order valence-electron chi connectivity index (χ3n) is 2.52. The number of halogens is 1. The molecule has 0 fully saturated rings. The third kappa shape index (κ3) is 5.57. The Morgan fingerprint density at radius 1 is 1.30 bits per heavy atom. The van der Waals surface area contributed by atoms with Crippen LogP contribution in [0.15, 0.2) is 23.2 Å². The summed E-state index contributed by atoms with van der Waals surface area (Å²) in [5.74, 6) is 4.67. The Balaban J connectivity index is 0.00000361. The molecule has 0 saturated carbocycles. The van der Waals surface area contributed by atoms with E-state index in [-0.39, 0.29) is 24.0 Å². The molecule has 0 spiro atoms. The fraction of sp³-hybridized carbons (Fsp3) is 0.357. The molecule has 0 heterocycles. The first-order chi connectivity index (χ1) is 9.24. The molecule has 2 N–H and O–H groups in total. The zero-order valence-electron chi connectivity index (χ0n) is 11.9. The van der Waals surface area contributed by atoms with Gasteiger partial charge in [0.2, 0.25) is 0 Å². The summed E-state index contributed by atoms with van der Waals surface area (Å²) in [4.78, 5) is 4.06. The maximum Gasteiger partial charge on any atom is 0.192 e. The lowest BCUT2D eigenvalue weighted by Gasteiger charge is -2.13. The van der Waals surface area contributed by atoms with Crippen LogP contribution in [0.5, 0.6) is 11.5 Å². The second kappa shape index (κ2) is 10.2. The van der Waals surface area contributed by atoms with Crippen molar-refractivity contribution in [1.82, 2.24) is 10.6 Å². The average molecular weight is 389 g/mol. The predicted octanol–water partition coefficient (Wildman–Crippen LogP) is 1.62. The van der Waals surface area contributed by atoms with Crippen LogP contribution in [-0.4, -0.2) is 33.8 Å². The van der Waals surface area contributed by atoms with Gasteiger partial charge in [0.15, 0.2) is 5.96 Å². The molecule has 1 rings (SSSR count). The van der Waals surface area contributed by atoms with E-state index in [0.717, 1.165) is 17.1 Å². The van der Waals surface area contributed by atoms with Gasteiger partial charge in [0.1, 0.15) is 11.5 Å². The highest BCUT2D eigenvalue weighted by Crippen LogP contribution is 2.24. The van der Waals surface area contributed by atoms with Crippen LogP contribution in [0, 0.1) is 12.3 Å². The van der Waals surface area contributed by atoms with Gasteiger partial charge in [-0.25, -0.2) is 0 Å². The normalized spacial score (nSPS) is 10.0. The molecule has 1 aromatic rings. The van der Waals surface area contributed by atoms with Crippen LogP contribution >= 0.6 is 24.0 Å². The van der Waals surface area contributed by atoms with E-state index in [1.54, 1.807) is 21.3 Å². The Hall–Kier alpha value is -1.62. The van der Waals surface area contributed by atoms with E-state index in [4.69, 9.17) is 15.9 Å². The number of terminal acetylenes is 1. The largest absolute Gasteiger partial charge is 0.497 e. The monoisotopic (exact) mass is 389 g/mol. The lowest BCUT2D eigenvalue weighted by Crippen LogP contribution is -2.36. The summed E-state index contributed by atoms with van der Waals surface area (Å²) in [5, 5.41) is 6.14. The average Bonchev–Trinajstić information content (AvgIpc) is 2.47. The molecule has 0 unspecified atom stereocenters. The van der Waals surface area contributed by atoms with E-state index in [0.29, 0.717) is 19.0 Å². The van der Waals surface area contributed by atoms with Crippen LogP contribution in [0.4, 0.5) is 0 Å². The van der Waals surface area contributed by atoms with E-state index in [2.05, 4.69) is 21.5 Å². The maximum atomic E-state index is 5.32. The van der Waals surface area contributed by atoms with Crippen LogP contribution in [-0.2, 0) is 6.54 Å². The maximum absolute atomic E-state index is 5.32. The van der Waals surface area contributed by atoms with Crippen LogP contribution in [0.1, 0.15) is 5.56 Å². The number of rotatable bonds is 5. The summed E-state index contributed by atoms with van der Waals surface area (Å²) in [7, 11) is 4.94. The van der Waals surface area contributed by atoms with E-state index >= 15 is 0 Å². The zero-order valence-corrected chi connectivity index (χ0v) is 14.2. The van der Waals surface area contributed by atoms with Crippen molar-refractivity contribution in [2.45, 2.75) is 6.54 Å². The Morgan fingerprint density at radius 2 is 2.05 bits per heavy atom. The molecule has 0 amide bonds. The molecule has 0 aromatic heterocycles. The number of ether oxygens (including phenoxy) is 2. The summed E-state index contributed by atoms with van der Waals surface area (Å²) >= 11 is 0. The minimum atomic E-state index is 0. The summed E-state index contributed by atoms with van der Waals surface area (Å²) in [6, 6.07) is 5.67. The van der Waals surface area contributed by atoms with Gasteiger partial charge in [-0.15, -0.1) is 30.4 Å². The molecule has 0 aliphatic heterocycles. The fourth-order valence-electron chi connectivity index (χ4n) is 1.53. The topological polar surface area (TPSA) is 54.9 Å². The van der Waals surface area contributed by atoms with Crippen molar-refractivity contribution in [3.63, 3.8) is 0 Å². The van der Waals surface area contributed by atoms with Gasteiger partial charge in [0.05, 0.1) is 20.8 Å². The van der Waals surface area contributed by atoms with Gasteiger partial charge < -0.3 is 20.1 Å². The van der Waals surface area contributed by atoms with Gasteiger partial charge in [-0.1, -0.05) is 5.92 Å². The molecule has 20 heavy (non-hydrogen) atoms. The number of benzene rings is 1. The molecule has 0 atom stereocenters. The molecule has 0 aliphatic carbocycles. The SMILES string of the molecule is C#CCNC(=NC)NCc1ccc(OC)cc1OC.I. The van der Waals surface area contributed by atoms with Crippen LogP contribution in [0.2, 0.25) is 0 Å². The second-order valence-corrected chi connectivity index (χ2v) is 3.66. The molecule has 0 saturated heterocycles. The summed E-state index contributed by atoms with van der Waals surface area (Å²) in [5.41, 5.74) is 1.01. The molecular formula is C14H20IN3O2. The summed E-state index contributed by atoms with van der Waals surface area (Å²) in [6.45, 7) is 1.01. The van der Waals surface area contributed by atoms with E-state index in [1.807, 2.05) is 18.2 Å². The van der Waals surface area contributed by atoms with Crippen molar-refractivity contribution < 1.29 is 9.47 Å². The number of methoxy groups -OCH3 is 2. The number of hydrogen-bond acceptors (Lipinski definition) is 3. The van der Waals surface area contributed by atoms with Gasteiger partial charge in [-0.2, -0.15) is 0 Å². The molecule has 110 valence electrons. The summed E-state index contributed by atoms with van der Waals surface area (Å²) in [6.07, 6.45) is 5.19. The highest BCUT2D eigenvalue weighted by molar-refractivity contribution is 14.0. The van der Waals surface area contributed by atoms with Crippen LogP contribution in [0.3, 0.4) is 0 Å². The third-order valence-corrected chi connectivity index (χ3v) is 2.52. The van der Waals surface area contributed by atoms with E-state index in [9.17, 15) is 0 Å². The summed E-state index contributed by atoms with van der Waals surface area (Å²) < 4.78 is 10.5. The highest BCUT2D eigenvalue weighted by atomic mass is 127. The number of nitrogens with one attached hydrogen (secondary N) is 2. The van der Waals surface area contributed by atoms with Gasteiger partial charge in [-0.3, -0.25) is 4.99 Å². The van der Waals surface area contributed by atoms with Crippen molar-refractivity contribution in [2.24, 2.45) is 4.99 Å². The number of nitrogens with zero attached hydrogens (tertiary/aromatic N) is 1. The van der Waals surface area contributed by atoms with Crippen LogP contribution in [0.25, 0.3) is 0 Å². The first kappa shape index (κ1) is 18.4. The number of hydrogen-bond donors (Lipinski definition) is 2. The van der Waals surface area contributed by atoms with Crippen molar-refractivity contribution in [3.8, 4) is 23.8 Å². The van der Waals surface area contributed by atoms with Crippen molar-refractivity contribution in [2.75, 3.05) is 27.8 Å². The first-order valence-electron chi connectivity index (χ1n) is 5.84. The predicted molar refractivity (Wildman–Crippen MR) is 92.0 cm³/mol. The highest BCUT2D eigenvalue weighted by Gasteiger charge is 2.05. The van der Waals surface area contributed by atoms with Crippen molar-refractivity contribution in [3.05, 3.63) is 23.8 Å². The molecule has 1 aromatic carbocycles. The standard InChI is InChI=1S/C14H19N3O2.HI/c1-5-8-16-14(15-2)17-10-11-6-7-12(18-3)9-13(11)19-4;/h1,6-7,9H,8,10H2,2-4H3,(H2,15,16,17);1H. The van der Waals surface area contributed by atoms with Crippen molar-refractivity contribution >= 4 is 29.9 Å². The van der Waals surface area contributed by atoms with Crippen molar-refractivity contribution in [1.29, 1.82) is 0 Å². The molecule has 0 bridgehead atoms. The molecule has 0 radical (unpaired) electrons. The van der Waals surface area contributed by atoms with E-state index in [1.165, 1.54) is 0 Å². The Bertz CT molecular complexity index is 484. The Kier molecular flexibility index (Phi) is 9.38. The van der Waals surface area contributed by atoms with E-state index < -0.39 is 0 Å². The minimum Gasteiger partial charge on any atom is -0.497 e.